The van der Waals surface area contributed by atoms with Crippen LogP contribution in [0.15, 0.2) is 24.3 Å². The van der Waals surface area contributed by atoms with E-state index in [1.54, 1.807) is 0 Å². The van der Waals surface area contributed by atoms with E-state index in [-0.39, 0.29) is 12.2 Å². The Kier molecular flexibility index (Phi) is 4.22. The lowest BCUT2D eigenvalue weighted by Gasteiger charge is -2.26. The molecule has 0 heterocycles. The van der Waals surface area contributed by atoms with Crippen molar-refractivity contribution in [3.63, 3.8) is 0 Å². The van der Waals surface area contributed by atoms with Gasteiger partial charge in [-0.05, 0) is 37.3 Å². The van der Waals surface area contributed by atoms with Crippen molar-refractivity contribution in [2.75, 3.05) is 0 Å². The highest BCUT2D eigenvalue weighted by Crippen LogP contribution is 2.23. The smallest absolute Gasteiger partial charge is 0.0735 e. The van der Waals surface area contributed by atoms with E-state index in [1.807, 2.05) is 24.3 Å². The largest absolute Gasteiger partial charge is 0.393 e. The number of hydrogen-bond acceptors (Lipinski definition) is 2. The van der Waals surface area contributed by atoms with Gasteiger partial charge in [0.1, 0.15) is 0 Å². The maximum absolute atomic E-state index is 9.53. The van der Waals surface area contributed by atoms with Gasteiger partial charge in [-0.15, -0.1) is 0 Å². The Morgan fingerprint density at radius 3 is 2.88 bits per heavy atom. The summed E-state index contributed by atoms with van der Waals surface area (Å²) in [5.74, 6) is 0. The highest BCUT2D eigenvalue weighted by atomic mass is 35.5. The van der Waals surface area contributed by atoms with E-state index in [4.69, 9.17) is 16.3 Å². The molecule has 1 aromatic carbocycles. The summed E-state index contributed by atoms with van der Waals surface area (Å²) in [6, 6.07) is 7.72. The Balaban J connectivity index is 1.85. The van der Waals surface area contributed by atoms with E-state index >= 15 is 0 Å². The lowest BCUT2D eigenvalue weighted by atomic mass is 9.95. The molecular formula is C13H17ClO2. The lowest BCUT2D eigenvalue weighted by molar-refractivity contribution is -0.0228. The number of rotatable bonds is 3. The summed E-state index contributed by atoms with van der Waals surface area (Å²) in [4.78, 5) is 0. The van der Waals surface area contributed by atoms with Gasteiger partial charge in [0.05, 0.1) is 18.8 Å². The zero-order chi connectivity index (χ0) is 11.4. The summed E-state index contributed by atoms with van der Waals surface area (Å²) in [7, 11) is 0. The molecule has 1 aromatic rings. The van der Waals surface area contributed by atoms with Crippen molar-refractivity contribution in [2.45, 2.75) is 44.5 Å². The second-order valence-electron chi connectivity index (χ2n) is 4.34. The minimum Gasteiger partial charge on any atom is -0.393 e. The Bertz CT molecular complexity index is 340. The molecule has 0 amide bonds. The van der Waals surface area contributed by atoms with Crippen LogP contribution in [0.5, 0.6) is 0 Å². The fourth-order valence-electron chi connectivity index (χ4n) is 2.09. The van der Waals surface area contributed by atoms with E-state index < -0.39 is 0 Å². The van der Waals surface area contributed by atoms with E-state index in [0.29, 0.717) is 6.61 Å². The quantitative estimate of drug-likeness (QED) is 0.880. The zero-order valence-electron chi connectivity index (χ0n) is 9.23. The summed E-state index contributed by atoms with van der Waals surface area (Å²) < 4.78 is 5.78. The third-order valence-corrected chi connectivity index (χ3v) is 3.40. The highest BCUT2D eigenvalue weighted by molar-refractivity contribution is 6.31. The second kappa shape index (κ2) is 5.67. The van der Waals surface area contributed by atoms with Gasteiger partial charge < -0.3 is 9.84 Å². The van der Waals surface area contributed by atoms with E-state index in [0.717, 1.165) is 36.3 Å². The normalized spacial score (nSPS) is 25.6. The van der Waals surface area contributed by atoms with Gasteiger partial charge in [-0.25, -0.2) is 0 Å². The number of benzene rings is 1. The van der Waals surface area contributed by atoms with Crippen LogP contribution in [0.4, 0.5) is 0 Å². The number of aliphatic hydroxyl groups is 1. The Morgan fingerprint density at radius 1 is 1.31 bits per heavy atom. The summed E-state index contributed by atoms with van der Waals surface area (Å²) in [5, 5.41) is 10.3. The van der Waals surface area contributed by atoms with Crippen LogP contribution in [0, 0.1) is 0 Å². The Hall–Kier alpha value is -0.570. The molecular weight excluding hydrogens is 224 g/mol. The molecule has 0 radical (unpaired) electrons. The van der Waals surface area contributed by atoms with E-state index in [9.17, 15) is 5.11 Å². The molecule has 0 bridgehead atoms. The first-order valence-electron chi connectivity index (χ1n) is 5.79. The van der Waals surface area contributed by atoms with Gasteiger partial charge >= 0.3 is 0 Å². The molecule has 0 aromatic heterocycles. The van der Waals surface area contributed by atoms with Crippen LogP contribution in [-0.4, -0.2) is 17.3 Å². The van der Waals surface area contributed by atoms with Crippen molar-refractivity contribution in [2.24, 2.45) is 0 Å². The molecule has 2 unspecified atom stereocenters. The van der Waals surface area contributed by atoms with Crippen LogP contribution < -0.4 is 0 Å². The van der Waals surface area contributed by atoms with E-state index in [1.165, 1.54) is 0 Å². The summed E-state index contributed by atoms with van der Waals surface area (Å²) in [6.07, 6.45) is 3.75. The number of hydrogen-bond donors (Lipinski definition) is 1. The molecule has 1 aliphatic rings. The molecule has 2 atom stereocenters. The van der Waals surface area contributed by atoms with Gasteiger partial charge in [0, 0.05) is 5.02 Å². The average molecular weight is 241 g/mol. The van der Waals surface area contributed by atoms with Gasteiger partial charge in [0.25, 0.3) is 0 Å². The first-order valence-corrected chi connectivity index (χ1v) is 6.16. The van der Waals surface area contributed by atoms with Crippen LogP contribution in [0.1, 0.15) is 31.2 Å². The van der Waals surface area contributed by atoms with Gasteiger partial charge in [-0.2, -0.15) is 0 Å². The third-order valence-electron chi connectivity index (χ3n) is 3.03. The predicted molar refractivity (Wildman–Crippen MR) is 64.5 cm³/mol. The highest BCUT2D eigenvalue weighted by Gasteiger charge is 2.20. The van der Waals surface area contributed by atoms with Crippen LogP contribution in [-0.2, 0) is 11.3 Å². The minimum absolute atomic E-state index is 0.181. The van der Waals surface area contributed by atoms with Crippen molar-refractivity contribution in [3.8, 4) is 0 Å². The molecule has 2 rings (SSSR count). The molecule has 2 nitrogen and oxygen atoms in total. The van der Waals surface area contributed by atoms with Crippen molar-refractivity contribution >= 4 is 11.6 Å². The molecule has 1 N–H and O–H groups in total. The molecule has 16 heavy (non-hydrogen) atoms. The molecule has 0 saturated heterocycles. The molecule has 0 spiro atoms. The van der Waals surface area contributed by atoms with Gasteiger partial charge in [-0.1, -0.05) is 29.8 Å². The standard InChI is InChI=1S/C13H17ClO2/c14-13-7-2-1-4-10(13)9-16-12-6-3-5-11(15)8-12/h1-2,4,7,11-12,15H,3,5-6,8-9H2. The zero-order valence-corrected chi connectivity index (χ0v) is 9.99. The van der Waals surface area contributed by atoms with Crippen molar-refractivity contribution in [1.29, 1.82) is 0 Å². The Morgan fingerprint density at radius 2 is 2.12 bits per heavy atom. The molecule has 0 aliphatic heterocycles. The van der Waals surface area contributed by atoms with Crippen LogP contribution in [0.25, 0.3) is 0 Å². The van der Waals surface area contributed by atoms with Gasteiger partial charge in [0.2, 0.25) is 0 Å². The SMILES string of the molecule is OC1CCCC(OCc2ccccc2Cl)C1. The second-order valence-corrected chi connectivity index (χ2v) is 4.75. The number of halogens is 1. The molecule has 88 valence electrons. The molecule has 1 saturated carbocycles. The molecule has 1 fully saturated rings. The average Bonchev–Trinajstić information content (AvgIpc) is 2.28. The minimum atomic E-state index is -0.190. The fraction of sp³-hybridized carbons (Fsp3) is 0.538. The van der Waals surface area contributed by atoms with Gasteiger partial charge in [-0.3, -0.25) is 0 Å². The van der Waals surface area contributed by atoms with Crippen LogP contribution in [0.3, 0.4) is 0 Å². The maximum Gasteiger partial charge on any atom is 0.0735 e. The topological polar surface area (TPSA) is 29.5 Å². The first-order chi connectivity index (χ1) is 7.75. The van der Waals surface area contributed by atoms with Crippen LogP contribution in [0.2, 0.25) is 5.02 Å². The molecule has 3 heteroatoms. The molecule has 1 aliphatic carbocycles. The van der Waals surface area contributed by atoms with Crippen molar-refractivity contribution in [1.82, 2.24) is 0 Å². The van der Waals surface area contributed by atoms with Crippen molar-refractivity contribution in [3.05, 3.63) is 34.9 Å². The van der Waals surface area contributed by atoms with E-state index in [2.05, 4.69) is 0 Å². The predicted octanol–water partition coefficient (Wildman–Crippen LogP) is 3.16. The summed E-state index contributed by atoms with van der Waals surface area (Å²) >= 11 is 6.04. The fourth-order valence-corrected chi connectivity index (χ4v) is 2.29. The summed E-state index contributed by atoms with van der Waals surface area (Å²) in [6.45, 7) is 0.539. The number of aliphatic hydroxyl groups excluding tert-OH is 1. The Labute approximate surface area is 101 Å². The summed E-state index contributed by atoms with van der Waals surface area (Å²) in [5.41, 5.74) is 1.02. The van der Waals surface area contributed by atoms with Crippen LogP contribution >= 0.6 is 11.6 Å². The van der Waals surface area contributed by atoms with Crippen molar-refractivity contribution < 1.29 is 9.84 Å². The monoisotopic (exact) mass is 240 g/mol. The number of ether oxygens (including phenoxy) is 1. The third kappa shape index (κ3) is 3.21. The van der Waals surface area contributed by atoms with Gasteiger partial charge in [0.15, 0.2) is 0 Å². The lowest BCUT2D eigenvalue weighted by Crippen LogP contribution is -2.25. The maximum atomic E-state index is 9.53. The first kappa shape index (κ1) is 11.9.